The van der Waals surface area contributed by atoms with E-state index < -0.39 is 10.8 Å². The normalized spacial score (nSPS) is 12.8. The van der Waals surface area contributed by atoms with E-state index in [4.69, 9.17) is 0 Å². The fourth-order valence-corrected chi connectivity index (χ4v) is 4.00. The maximum Gasteiger partial charge on any atom is 0.191 e. The molecule has 1 unspecified atom stereocenters. The number of hydrogen-bond donors (Lipinski definition) is 2. The molecule has 0 radical (unpaired) electrons. The van der Waals surface area contributed by atoms with Crippen LogP contribution in [-0.2, 0) is 23.6 Å². The fraction of sp³-hybridized carbons (Fsp3) is 0.444. The Labute approximate surface area is 156 Å². The number of aromatic nitrogens is 1. The van der Waals surface area contributed by atoms with Gasteiger partial charge in [-0.2, -0.15) is 0 Å². The summed E-state index contributed by atoms with van der Waals surface area (Å²) in [6.07, 6.45) is 3.87. The number of rotatable bonds is 9. The molecule has 0 fully saturated rings. The first kappa shape index (κ1) is 19.6. The number of nitrogens with one attached hydrogen (secondary N) is 2. The van der Waals surface area contributed by atoms with E-state index in [1.54, 1.807) is 11.3 Å². The lowest BCUT2D eigenvalue weighted by Gasteiger charge is -2.10. The van der Waals surface area contributed by atoms with Gasteiger partial charge in [-0.05, 0) is 25.5 Å². The van der Waals surface area contributed by atoms with Crippen molar-refractivity contribution in [3.8, 4) is 0 Å². The zero-order valence-electron chi connectivity index (χ0n) is 14.8. The molecule has 0 spiro atoms. The fourth-order valence-electron chi connectivity index (χ4n) is 2.19. The lowest BCUT2D eigenvalue weighted by Crippen LogP contribution is -2.38. The van der Waals surface area contributed by atoms with Gasteiger partial charge in [-0.15, -0.1) is 11.3 Å². The van der Waals surface area contributed by atoms with E-state index in [0.717, 1.165) is 41.8 Å². The maximum absolute atomic E-state index is 12.2. The third-order valence-electron chi connectivity index (χ3n) is 3.48. The minimum Gasteiger partial charge on any atom is -0.357 e. The molecule has 0 aliphatic heterocycles. The molecule has 2 aromatic rings. The van der Waals surface area contributed by atoms with Gasteiger partial charge in [0.05, 0.1) is 22.4 Å². The van der Waals surface area contributed by atoms with Crippen LogP contribution in [0, 0.1) is 0 Å². The first-order valence-electron chi connectivity index (χ1n) is 8.62. The molecule has 1 aromatic carbocycles. The number of aliphatic imine (C=N–C) groups is 1. The third-order valence-corrected chi connectivity index (χ3v) is 6.03. The molecular weight excluding hydrogens is 352 g/mol. The Morgan fingerprint density at radius 2 is 2.04 bits per heavy atom. The van der Waals surface area contributed by atoms with Crippen LogP contribution in [0.3, 0.4) is 0 Å². The third kappa shape index (κ3) is 6.96. The van der Waals surface area contributed by atoms with Crippen LogP contribution >= 0.6 is 11.3 Å². The van der Waals surface area contributed by atoms with Gasteiger partial charge in [-0.3, -0.25) is 9.20 Å². The minimum absolute atomic E-state index is 0.521. The highest BCUT2D eigenvalue weighted by Crippen LogP contribution is 2.13. The Kier molecular flexibility index (Phi) is 8.62. The van der Waals surface area contributed by atoms with Gasteiger partial charge in [0.1, 0.15) is 0 Å². The lowest BCUT2D eigenvalue weighted by atomic mass is 10.4. The summed E-state index contributed by atoms with van der Waals surface area (Å²) in [4.78, 5) is 11.1. The second kappa shape index (κ2) is 11.0. The average Bonchev–Trinajstić information content (AvgIpc) is 3.10. The molecule has 136 valence electrons. The molecule has 0 aliphatic carbocycles. The maximum atomic E-state index is 12.2. The number of hydrogen-bond acceptors (Lipinski definition) is 4. The molecule has 1 atom stereocenters. The molecular formula is C18H26N4OS2. The predicted molar refractivity (Wildman–Crippen MR) is 107 cm³/mol. The smallest absolute Gasteiger partial charge is 0.191 e. The number of aryl methyl sites for hydroxylation is 1. The lowest BCUT2D eigenvalue weighted by molar-refractivity contribution is 0.682. The zero-order chi connectivity index (χ0) is 17.9. The van der Waals surface area contributed by atoms with E-state index in [2.05, 4.69) is 27.5 Å². The van der Waals surface area contributed by atoms with Crippen LogP contribution in [0.2, 0.25) is 0 Å². The molecule has 5 nitrogen and oxygen atoms in total. The molecule has 2 rings (SSSR count). The molecule has 0 saturated heterocycles. The molecule has 1 heterocycles. The number of guanidine groups is 1. The van der Waals surface area contributed by atoms with Crippen LogP contribution < -0.4 is 10.6 Å². The summed E-state index contributed by atoms with van der Waals surface area (Å²) >= 11 is 1.77. The van der Waals surface area contributed by atoms with Crippen molar-refractivity contribution >= 4 is 28.1 Å². The number of nitrogens with zero attached hydrogens (tertiary/aromatic N) is 2. The van der Waals surface area contributed by atoms with E-state index in [-0.39, 0.29) is 0 Å². The monoisotopic (exact) mass is 378 g/mol. The summed E-state index contributed by atoms with van der Waals surface area (Å²) in [6, 6.07) is 9.52. The van der Waals surface area contributed by atoms with Crippen LogP contribution in [0.1, 0.15) is 23.7 Å². The SMILES string of the molecule is CCNC(=NCCS(=O)c1ccccc1)NCCc1ncc(CC)s1. The number of benzene rings is 1. The largest absolute Gasteiger partial charge is 0.357 e. The standard InChI is InChI=1S/C18H26N4OS2/c1-3-15-14-22-17(24-15)10-11-20-18(19-4-2)21-12-13-25(23)16-8-6-5-7-9-16/h5-9,14H,3-4,10-13H2,1-2H3,(H2,19,20,21). The van der Waals surface area contributed by atoms with Gasteiger partial charge in [-0.1, -0.05) is 25.1 Å². The molecule has 0 amide bonds. The first-order valence-corrected chi connectivity index (χ1v) is 10.8. The van der Waals surface area contributed by atoms with E-state index in [1.807, 2.05) is 43.5 Å². The van der Waals surface area contributed by atoms with Gasteiger partial charge in [0.2, 0.25) is 0 Å². The Bertz CT molecular complexity index is 685. The van der Waals surface area contributed by atoms with Crippen molar-refractivity contribution in [1.29, 1.82) is 0 Å². The highest BCUT2D eigenvalue weighted by atomic mass is 32.2. The summed E-state index contributed by atoms with van der Waals surface area (Å²) in [5.41, 5.74) is 0. The van der Waals surface area contributed by atoms with E-state index in [9.17, 15) is 4.21 Å². The van der Waals surface area contributed by atoms with Crippen molar-refractivity contribution in [3.05, 3.63) is 46.4 Å². The molecule has 2 N–H and O–H groups in total. The van der Waals surface area contributed by atoms with E-state index in [0.29, 0.717) is 12.3 Å². The van der Waals surface area contributed by atoms with Crippen LogP contribution in [0.15, 0.2) is 46.4 Å². The molecule has 1 aromatic heterocycles. The summed E-state index contributed by atoms with van der Waals surface area (Å²) in [5.74, 6) is 1.28. The molecule has 7 heteroatoms. The van der Waals surface area contributed by atoms with Crippen molar-refractivity contribution in [3.63, 3.8) is 0 Å². The van der Waals surface area contributed by atoms with Crippen molar-refractivity contribution in [2.24, 2.45) is 4.99 Å². The van der Waals surface area contributed by atoms with Crippen molar-refractivity contribution in [1.82, 2.24) is 15.6 Å². The Morgan fingerprint density at radius 3 is 2.72 bits per heavy atom. The molecule has 0 aliphatic rings. The summed E-state index contributed by atoms with van der Waals surface area (Å²) < 4.78 is 12.2. The van der Waals surface area contributed by atoms with Gasteiger partial charge in [-0.25, -0.2) is 4.98 Å². The van der Waals surface area contributed by atoms with Crippen LogP contribution in [-0.4, -0.2) is 40.5 Å². The van der Waals surface area contributed by atoms with Crippen molar-refractivity contribution in [2.75, 3.05) is 25.4 Å². The minimum atomic E-state index is -1.01. The van der Waals surface area contributed by atoms with Crippen LogP contribution in [0.25, 0.3) is 0 Å². The van der Waals surface area contributed by atoms with Gasteiger partial charge in [0.25, 0.3) is 0 Å². The van der Waals surface area contributed by atoms with Gasteiger partial charge >= 0.3 is 0 Å². The van der Waals surface area contributed by atoms with Gasteiger partial charge < -0.3 is 10.6 Å². The quantitative estimate of drug-likeness (QED) is 0.520. The molecule has 25 heavy (non-hydrogen) atoms. The second-order valence-electron chi connectivity index (χ2n) is 5.37. The first-order chi connectivity index (χ1) is 12.2. The second-order valence-corrected chi connectivity index (χ2v) is 8.14. The van der Waals surface area contributed by atoms with Gasteiger partial charge in [0.15, 0.2) is 5.96 Å². The van der Waals surface area contributed by atoms with E-state index in [1.165, 1.54) is 4.88 Å². The summed E-state index contributed by atoms with van der Waals surface area (Å²) in [5, 5.41) is 7.68. The highest BCUT2D eigenvalue weighted by molar-refractivity contribution is 7.85. The molecule has 0 bridgehead atoms. The number of thiazole rings is 1. The van der Waals surface area contributed by atoms with Crippen molar-refractivity contribution in [2.45, 2.75) is 31.6 Å². The molecule has 0 saturated carbocycles. The van der Waals surface area contributed by atoms with Crippen molar-refractivity contribution < 1.29 is 4.21 Å². The summed E-state index contributed by atoms with van der Waals surface area (Å²) in [7, 11) is -1.01. The van der Waals surface area contributed by atoms with Crippen LogP contribution in [0.5, 0.6) is 0 Å². The van der Waals surface area contributed by atoms with Crippen LogP contribution in [0.4, 0.5) is 0 Å². The predicted octanol–water partition coefficient (Wildman–Crippen LogP) is 2.61. The highest BCUT2D eigenvalue weighted by Gasteiger charge is 2.04. The van der Waals surface area contributed by atoms with E-state index >= 15 is 0 Å². The Hall–Kier alpha value is -1.73. The topological polar surface area (TPSA) is 66.4 Å². The summed E-state index contributed by atoms with van der Waals surface area (Å²) in [6.45, 7) is 6.28. The zero-order valence-corrected chi connectivity index (χ0v) is 16.5. The average molecular weight is 379 g/mol. The van der Waals surface area contributed by atoms with Gasteiger partial charge in [0, 0.05) is 41.2 Å². The Morgan fingerprint density at radius 1 is 1.24 bits per heavy atom. The Balaban J connectivity index is 1.78.